The predicted octanol–water partition coefficient (Wildman–Crippen LogP) is 3.55. The number of anilines is 1. The van der Waals surface area contributed by atoms with E-state index in [9.17, 15) is 4.79 Å². The van der Waals surface area contributed by atoms with Crippen molar-refractivity contribution in [3.05, 3.63) is 22.7 Å². The first kappa shape index (κ1) is 17.0. The van der Waals surface area contributed by atoms with Gasteiger partial charge in [-0.2, -0.15) is 0 Å². The molecule has 0 aliphatic heterocycles. The van der Waals surface area contributed by atoms with Crippen LogP contribution in [0.5, 0.6) is 5.75 Å². The molecule has 0 bridgehead atoms. The lowest BCUT2D eigenvalue weighted by atomic mass is 10.0. The van der Waals surface area contributed by atoms with Crippen LogP contribution >= 0.6 is 15.9 Å². The molecule has 1 aromatic rings. The van der Waals surface area contributed by atoms with Gasteiger partial charge in [0.25, 0.3) is 0 Å². The minimum Gasteiger partial charge on any atom is -0.497 e. The normalized spacial score (nSPS) is 13.7. The van der Waals surface area contributed by atoms with Crippen LogP contribution in [0, 0.1) is 5.92 Å². The Balaban J connectivity index is 2.54. The number of benzene rings is 1. The van der Waals surface area contributed by atoms with Crippen molar-refractivity contribution in [3.63, 3.8) is 0 Å². The van der Waals surface area contributed by atoms with Crippen molar-refractivity contribution in [3.8, 4) is 5.75 Å². The Bertz CT molecular complexity index is 449. The Morgan fingerprint density at radius 3 is 2.65 bits per heavy atom. The summed E-state index contributed by atoms with van der Waals surface area (Å²) in [5.74, 6) is 0.702. The average molecular weight is 343 g/mol. The lowest BCUT2D eigenvalue weighted by molar-refractivity contribution is -0.119. The molecule has 0 saturated carbocycles. The summed E-state index contributed by atoms with van der Waals surface area (Å²) < 4.78 is 6.05. The van der Waals surface area contributed by atoms with Gasteiger partial charge in [0, 0.05) is 28.2 Å². The molecule has 112 valence electrons. The van der Waals surface area contributed by atoms with Crippen LogP contribution in [0.1, 0.15) is 33.1 Å². The van der Waals surface area contributed by atoms with Gasteiger partial charge in [0.05, 0.1) is 7.11 Å². The van der Waals surface area contributed by atoms with E-state index in [1.54, 1.807) is 13.2 Å². The molecule has 1 amide bonds. The molecule has 4 nitrogen and oxygen atoms in total. The number of ether oxygens (including phenoxy) is 1. The predicted molar refractivity (Wildman–Crippen MR) is 86.0 cm³/mol. The van der Waals surface area contributed by atoms with Crippen LogP contribution in [-0.2, 0) is 4.79 Å². The van der Waals surface area contributed by atoms with Gasteiger partial charge in [-0.15, -0.1) is 0 Å². The molecule has 1 rings (SSSR count). The summed E-state index contributed by atoms with van der Waals surface area (Å²) in [6.07, 6.45) is 2.76. The first-order valence-electron chi connectivity index (χ1n) is 6.83. The molecular weight excluding hydrogens is 320 g/mol. The van der Waals surface area contributed by atoms with E-state index in [0.29, 0.717) is 5.75 Å². The maximum Gasteiger partial charge on any atom is 0.227 e. The number of nitrogens with two attached hydrogens (primary N) is 1. The maximum atomic E-state index is 12.1. The van der Waals surface area contributed by atoms with Crippen molar-refractivity contribution in [2.45, 2.75) is 39.2 Å². The Labute approximate surface area is 129 Å². The zero-order valence-corrected chi connectivity index (χ0v) is 13.9. The first-order valence-corrected chi connectivity index (χ1v) is 7.62. The van der Waals surface area contributed by atoms with E-state index in [1.165, 1.54) is 0 Å². The molecule has 20 heavy (non-hydrogen) atoms. The van der Waals surface area contributed by atoms with Gasteiger partial charge in [0.2, 0.25) is 5.91 Å². The second kappa shape index (κ2) is 8.27. The van der Waals surface area contributed by atoms with Crippen LogP contribution in [0.2, 0.25) is 0 Å². The van der Waals surface area contributed by atoms with E-state index in [1.807, 2.05) is 26.0 Å². The number of carbonyl (C=O) groups excluding carboxylic acids is 1. The number of amides is 1. The van der Waals surface area contributed by atoms with Crippen molar-refractivity contribution in [2.75, 3.05) is 12.4 Å². The quantitative estimate of drug-likeness (QED) is 0.796. The summed E-state index contributed by atoms with van der Waals surface area (Å²) in [6, 6.07) is 5.70. The molecule has 0 spiro atoms. The van der Waals surface area contributed by atoms with Crippen LogP contribution in [0.3, 0.4) is 0 Å². The number of methoxy groups -OCH3 is 1. The molecule has 0 radical (unpaired) electrons. The standard InChI is InChI=1S/C15H23BrN2O2/c1-10(5-4-6-11(2)17)15(19)18-13-7-12(16)8-14(9-13)20-3/h7-11H,4-6,17H2,1-3H3,(H,18,19). The molecule has 0 aromatic heterocycles. The minimum absolute atomic E-state index is 0.0230. The molecule has 3 N–H and O–H groups in total. The first-order chi connectivity index (χ1) is 9.42. The second-order valence-corrected chi connectivity index (χ2v) is 6.09. The molecule has 5 heteroatoms. The number of hydrogen-bond donors (Lipinski definition) is 2. The summed E-state index contributed by atoms with van der Waals surface area (Å²) in [4.78, 5) is 12.1. The van der Waals surface area contributed by atoms with Crippen LogP contribution in [0.25, 0.3) is 0 Å². The Morgan fingerprint density at radius 1 is 1.35 bits per heavy atom. The van der Waals surface area contributed by atoms with Crippen molar-refractivity contribution in [1.29, 1.82) is 0 Å². The van der Waals surface area contributed by atoms with E-state index in [-0.39, 0.29) is 17.9 Å². The maximum absolute atomic E-state index is 12.1. The van der Waals surface area contributed by atoms with Gasteiger partial charge < -0.3 is 15.8 Å². The third-order valence-corrected chi connectivity index (χ3v) is 3.58. The zero-order chi connectivity index (χ0) is 15.1. The van der Waals surface area contributed by atoms with Gasteiger partial charge in [-0.1, -0.05) is 29.3 Å². The smallest absolute Gasteiger partial charge is 0.227 e. The molecule has 1 aromatic carbocycles. The Hall–Kier alpha value is -1.07. The number of rotatable bonds is 7. The van der Waals surface area contributed by atoms with E-state index in [4.69, 9.17) is 10.5 Å². The van der Waals surface area contributed by atoms with E-state index >= 15 is 0 Å². The van der Waals surface area contributed by atoms with Gasteiger partial charge >= 0.3 is 0 Å². The molecule has 2 atom stereocenters. The highest BCUT2D eigenvalue weighted by Crippen LogP contribution is 2.25. The van der Waals surface area contributed by atoms with Crippen LogP contribution in [0.4, 0.5) is 5.69 Å². The van der Waals surface area contributed by atoms with Crippen LogP contribution in [0.15, 0.2) is 22.7 Å². The van der Waals surface area contributed by atoms with Crippen LogP contribution in [-0.4, -0.2) is 19.1 Å². The molecule has 0 saturated heterocycles. The highest BCUT2D eigenvalue weighted by Gasteiger charge is 2.13. The second-order valence-electron chi connectivity index (χ2n) is 5.18. The molecule has 2 unspecified atom stereocenters. The third-order valence-electron chi connectivity index (χ3n) is 3.12. The van der Waals surface area contributed by atoms with E-state index < -0.39 is 0 Å². The number of carbonyl (C=O) groups is 1. The summed E-state index contributed by atoms with van der Waals surface area (Å²) >= 11 is 3.39. The lowest BCUT2D eigenvalue weighted by Crippen LogP contribution is -2.21. The van der Waals surface area contributed by atoms with E-state index in [0.717, 1.165) is 29.4 Å². The summed E-state index contributed by atoms with van der Waals surface area (Å²) in [5, 5.41) is 2.92. The zero-order valence-electron chi connectivity index (χ0n) is 12.3. The number of nitrogens with one attached hydrogen (secondary N) is 1. The van der Waals surface area contributed by atoms with Crippen molar-refractivity contribution in [1.82, 2.24) is 0 Å². The van der Waals surface area contributed by atoms with Gasteiger partial charge in [0.15, 0.2) is 0 Å². The highest BCUT2D eigenvalue weighted by molar-refractivity contribution is 9.10. The van der Waals surface area contributed by atoms with Gasteiger partial charge in [-0.3, -0.25) is 4.79 Å². The fourth-order valence-electron chi connectivity index (χ4n) is 1.90. The Kier molecular flexibility index (Phi) is 7.02. The highest BCUT2D eigenvalue weighted by atomic mass is 79.9. The van der Waals surface area contributed by atoms with E-state index in [2.05, 4.69) is 21.2 Å². The Morgan fingerprint density at radius 2 is 2.05 bits per heavy atom. The summed E-state index contributed by atoms with van der Waals surface area (Å²) in [6.45, 7) is 3.92. The largest absolute Gasteiger partial charge is 0.497 e. The van der Waals surface area contributed by atoms with Crippen molar-refractivity contribution >= 4 is 27.5 Å². The molecule has 0 heterocycles. The van der Waals surface area contributed by atoms with Crippen LogP contribution < -0.4 is 15.8 Å². The number of hydrogen-bond acceptors (Lipinski definition) is 3. The van der Waals surface area contributed by atoms with Crippen molar-refractivity contribution in [2.24, 2.45) is 11.7 Å². The lowest BCUT2D eigenvalue weighted by Gasteiger charge is -2.14. The SMILES string of the molecule is COc1cc(Br)cc(NC(=O)C(C)CCCC(C)N)c1. The fourth-order valence-corrected chi connectivity index (χ4v) is 2.37. The van der Waals surface area contributed by atoms with Gasteiger partial charge in [-0.25, -0.2) is 0 Å². The van der Waals surface area contributed by atoms with Gasteiger partial charge in [-0.05, 0) is 31.9 Å². The molecule has 0 fully saturated rings. The summed E-state index contributed by atoms with van der Waals surface area (Å²) in [7, 11) is 1.60. The molecule has 0 aliphatic carbocycles. The van der Waals surface area contributed by atoms with Gasteiger partial charge in [0.1, 0.15) is 5.75 Å². The third kappa shape index (κ3) is 5.92. The molecular formula is C15H23BrN2O2. The van der Waals surface area contributed by atoms with Crippen molar-refractivity contribution < 1.29 is 9.53 Å². The molecule has 0 aliphatic rings. The monoisotopic (exact) mass is 342 g/mol. The number of halogens is 1. The topological polar surface area (TPSA) is 64.3 Å². The fraction of sp³-hybridized carbons (Fsp3) is 0.533. The average Bonchev–Trinajstić information content (AvgIpc) is 2.37. The minimum atomic E-state index is -0.0290. The summed E-state index contributed by atoms with van der Waals surface area (Å²) in [5.41, 5.74) is 6.44.